The molecule has 116 valence electrons. The molecule has 3 rings (SSSR count). The van der Waals surface area contributed by atoms with Gasteiger partial charge in [-0.2, -0.15) is 0 Å². The smallest absolute Gasteiger partial charge is 0.0304 e. The summed E-state index contributed by atoms with van der Waals surface area (Å²) >= 11 is 0. The predicted octanol–water partition coefficient (Wildman–Crippen LogP) is 3.57. The second-order valence-electron chi connectivity index (χ2n) is 6.94. The van der Waals surface area contributed by atoms with E-state index in [1.807, 2.05) is 0 Å². The van der Waals surface area contributed by atoms with Gasteiger partial charge in [-0.1, -0.05) is 38.1 Å². The van der Waals surface area contributed by atoms with Crippen molar-refractivity contribution >= 4 is 0 Å². The van der Waals surface area contributed by atoms with Crippen molar-refractivity contribution in [1.29, 1.82) is 0 Å². The number of rotatable bonds is 4. The van der Waals surface area contributed by atoms with Crippen molar-refractivity contribution in [3.05, 3.63) is 35.4 Å². The molecule has 2 heteroatoms. The van der Waals surface area contributed by atoms with Crippen molar-refractivity contribution < 1.29 is 0 Å². The van der Waals surface area contributed by atoms with Gasteiger partial charge in [-0.3, -0.25) is 4.90 Å². The maximum Gasteiger partial charge on any atom is 0.0304 e. The molecule has 0 spiro atoms. The van der Waals surface area contributed by atoms with Crippen LogP contribution in [0.1, 0.15) is 56.6 Å². The number of nitrogens with one attached hydrogen (secondary N) is 1. The summed E-state index contributed by atoms with van der Waals surface area (Å²) in [7, 11) is 0. The maximum absolute atomic E-state index is 3.78. The van der Waals surface area contributed by atoms with Crippen molar-refractivity contribution in [3.8, 4) is 0 Å². The molecule has 0 saturated carbocycles. The summed E-state index contributed by atoms with van der Waals surface area (Å²) in [6, 6.07) is 9.12. The highest BCUT2D eigenvalue weighted by molar-refractivity contribution is 5.32. The van der Waals surface area contributed by atoms with Crippen LogP contribution in [0.5, 0.6) is 0 Å². The van der Waals surface area contributed by atoms with E-state index < -0.39 is 0 Å². The minimum Gasteiger partial charge on any atom is -0.309 e. The Morgan fingerprint density at radius 3 is 2.86 bits per heavy atom. The molecule has 1 aliphatic carbocycles. The number of hydrogen-bond acceptors (Lipinski definition) is 2. The third-order valence-electron chi connectivity index (χ3n) is 5.78. The van der Waals surface area contributed by atoms with E-state index in [1.165, 1.54) is 51.7 Å². The van der Waals surface area contributed by atoms with Crippen LogP contribution in [0.25, 0.3) is 0 Å². The van der Waals surface area contributed by atoms with Crippen molar-refractivity contribution in [3.63, 3.8) is 0 Å². The summed E-state index contributed by atoms with van der Waals surface area (Å²) in [5.74, 6) is 0.750. The first kappa shape index (κ1) is 15.1. The zero-order chi connectivity index (χ0) is 14.7. The lowest BCUT2D eigenvalue weighted by Gasteiger charge is -2.44. The Morgan fingerprint density at radius 2 is 2.05 bits per heavy atom. The first-order valence-electron chi connectivity index (χ1n) is 8.81. The van der Waals surface area contributed by atoms with Gasteiger partial charge >= 0.3 is 0 Å². The van der Waals surface area contributed by atoms with Crippen LogP contribution in [0.15, 0.2) is 24.3 Å². The van der Waals surface area contributed by atoms with E-state index in [0.717, 1.165) is 12.5 Å². The zero-order valence-electron chi connectivity index (χ0n) is 13.7. The number of nitrogens with zero attached hydrogens (tertiary/aromatic N) is 1. The van der Waals surface area contributed by atoms with Crippen LogP contribution in [-0.4, -0.2) is 36.6 Å². The standard InChI is InChI=1S/C19H30N2/c1-3-19(4-2)15-21(13-12-20-19)14-17-10-7-9-16-8-5-6-11-18(16)17/h5-6,8,11,17,20H,3-4,7,9-10,12-15H2,1-2H3. The molecule has 2 aliphatic rings. The van der Waals surface area contributed by atoms with Crippen LogP contribution >= 0.6 is 0 Å². The van der Waals surface area contributed by atoms with E-state index >= 15 is 0 Å². The molecule has 0 amide bonds. The number of fused-ring (bicyclic) bond motifs is 1. The lowest BCUT2D eigenvalue weighted by molar-refractivity contribution is 0.116. The number of aryl methyl sites for hydroxylation is 1. The van der Waals surface area contributed by atoms with Gasteiger partial charge in [0, 0.05) is 31.7 Å². The second-order valence-corrected chi connectivity index (χ2v) is 6.94. The minimum atomic E-state index is 0.354. The van der Waals surface area contributed by atoms with Crippen molar-refractivity contribution in [2.24, 2.45) is 0 Å². The normalized spacial score (nSPS) is 25.5. The molecule has 1 N–H and O–H groups in total. The fraction of sp³-hybridized carbons (Fsp3) is 0.684. The van der Waals surface area contributed by atoms with Crippen LogP contribution in [0.2, 0.25) is 0 Å². The average Bonchev–Trinajstić information content (AvgIpc) is 2.55. The van der Waals surface area contributed by atoms with Gasteiger partial charge in [0.2, 0.25) is 0 Å². The molecule has 0 radical (unpaired) electrons. The van der Waals surface area contributed by atoms with Crippen molar-refractivity contribution in [1.82, 2.24) is 10.2 Å². The largest absolute Gasteiger partial charge is 0.309 e. The van der Waals surface area contributed by atoms with Crippen LogP contribution in [-0.2, 0) is 6.42 Å². The van der Waals surface area contributed by atoms with E-state index in [4.69, 9.17) is 0 Å². The number of benzene rings is 1. The predicted molar refractivity (Wildman–Crippen MR) is 89.9 cm³/mol. The summed E-state index contributed by atoms with van der Waals surface area (Å²) in [5.41, 5.74) is 3.58. The molecule has 1 atom stereocenters. The number of hydrogen-bond donors (Lipinski definition) is 1. The first-order valence-corrected chi connectivity index (χ1v) is 8.81. The van der Waals surface area contributed by atoms with E-state index in [2.05, 4.69) is 48.3 Å². The molecule has 1 unspecified atom stereocenters. The Balaban J connectivity index is 1.70. The molecule has 0 aromatic heterocycles. The highest BCUT2D eigenvalue weighted by Crippen LogP contribution is 2.33. The molecule has 1 aromatic rings. The topological polar surface area (TPSA) is 15.3 Å². The minimum absolute atomic E-state index is 0.354. The van der Waals surface area contributed by atoms with Gasteiger partial charge in [0.15, 0.2) is 0 Å². The summed E-state index contributed by atoms with van der Waals surface area (Å²) in [6.07, 6.45) is 6.48. The monoisotopic (exact) mass is 286 g/mol. The Bertz CT molecular complexity index is 464. The molecule has 2 nitrogen and oxygen atoms in total. The third kappa shape index (κ3) is 3.17. The summed E-state index contributed by atoms with van der Waals surface area (Å²) in [6.45, 7) is 9.49. The van der Waals surface area contributed by atoms with Gasteiger partial charge in [-0.25, -0.2) is 0 Å². The molecule has 0 bridgehead atoms. The Kier molecular flexibility index (Phi) is 4.66. The molecule has 21 heavy (non-hydrogen) atoms. The lowest BCUT2D eigenvalue weighted by atomic mass is 9.82. The third-order valence-corrected chi connectivity index (χ3v) is 5.78. The highest BCUT2D eigenvalue weighted by atomic mass is 15.2. The first-order chi connectivity index (χ1) is 10.3. The van der Waals surface area contributed by atoms with Crippen LogP contribution in [0, 0.1) is 0 Å². The average molecular weight is 286 g/mol. The van der Waals surface area contributed by atoms with E-state index in [9.17, 15) is 0 Å². The van der Waals surface area contributed by atoms with Gasteiger partial charge in [0.1, 0.15) is 0 Å². The lowest BCUT2D eigenvalue weighted by Crippen LogP contribution is -2.60. The molecular formula is C19H30N2. The van der Waals surface area contributed by atoms with E-state index in [1.54, 1.807) is 11.1 Å². The quantitative estimate of drug-likeness (QED) is 0.910. The Morgan fingerprint density at radius 1 is 1.24 bits per heavy atom. The highest BCUT2D eigenvalue weighted by Gasteiger charge is 2.33. The summed E-state index contributed by atoms with van der Waals surface area (Å²) in [5, 5.41) is 3.78. The van der Waals surface area contributed by atoms with E-state index in [-0.39, 0.29) is 0 Å². The Hall–Kier alpha value is -0.860. The molecule has 1 saturated heterocycles. The van der Waals surface area contributed by atoms with Crippen molar-refractivity contribution in [2.75, 3.05) is 26.2 Å². The summed E-state index contributed by atoms with van der Waals surface area (Å²) < 4.78 is 0. The van der Waals surface area contributed by atoms with Gasteiger partial charge in [0.25, 0.3) is 0 Å². The van der Waals surface area contributed by atoms with Gasteiger partial charge in [0.05, 0.1) is 0 Å². The van der Waals surface area contributed by atoms with E-state index in [0.29, 0.717) is 5.54 Å². The maximum atomic E-state index is 3.78. The van der Waals surface area contributed by atoms with Gasteiger partial charge in [-0.15, -0.1) is 0 Å². The Labute approximate surface area is 129 Å². The molecule has 1 aromatic carbocycles. The fourth-order valence-electron chi connectivity index (χ4n) is 4.28. The van der Waals surface area contributed by atoms with Crippen LogP contribution < -0.4 is 5.32 Å². The SMILES string of the molecule is CCC1(CC)CN(CC2CCCc3ccccc32)CCN1. The van der Waals surface area contributed by atoms with Gasteiger partial charge < -0.3 is 5.32 Å². The van der Waals surface area contributed by atoms with Gasteiger partial charge in [-0.05, 0) is 49.1 Å². The number of piperazine rings is 1. The van der Waals surface area contributed by atoms with Crippen LogP contribution in [0.3, 0.4) is 0 Å². The fourth-order valence-corrected chi connectivity index (χ4v) is 4.28. The molecule has 1 aliphatic heterocycles. The molecule has 1 heterocycles. The zero-order valence-corrected chi connectivity index (χ0v) is 13.7. The summed E-state index contributed by atoms with van der Waals surface area (Å²) in [4.78, 5) is 2.72. The van der Waals surface area contributed by atoms with Crippen LogP contribution in [0.4, 0.5) is 0 Å². The van der Waals surface area contributed by atoms with Crippen molar-refractivity contribution in [2.45, 2.75) is 57.4 Å². The second kappa shape index (κ2) is 6.50. The molecular weight excluding hydrogens is 256 g/mol. The molecule has 1 fully saturated rings.